The largest absolute Gasteiger partial charge is 0.308 e. The highest BCUT2D eigenvalue weighted by atomic mass is 15.3. The van der Waals surface area contributed by atoms with Gasteiger partial charge in [-0.2, -0.15) is 0 Å². The molecule has 0 saturated carbocycles. The molecule has 3 rings (SSSR count). The van der Waals surface area contributed by atoms with Crippen LogP contribution in [-0.4, -0.2) is 9.97 Å². The van der Waals surface area contributed by atoms with Crippen molar-refractivity contribution in [1.82, 2.24) is 9.97 Å². The molecule has 0 atom stereocenters. The van der Waals surface area contributed by atoms with Gasteiger partial charge in [0, 0.05) is 16.8 Å². The molecule has 1 aromatic carbocycles. The van der Waals surface area contributed by atoms with Gasteiger partial charge in [-0.15, -0.1) is 0 Å². The van der Waals surface area contributed by atoms with Gasteiger partial charge in [-0.05, 0) is 19.3 Å². The Hall–Kier alpha value is -1.94. The molecule has 0 saturated heterocycles. The lowest BCUT2D eigenvalue weighted by molar-refractivity contribution is 0.900. The van der Waals surface area contributed by atoms with Crippen molar-refractivity contribution in [3.63, 3.8) is 0 Å². The number of aromatic nitrogens is 2. The molecule has 1 aromatic heterocycles. The van der Waals surface area contributed by atoms with Gasteiger partial charge in [0.1, 0.15) is 5.82 Å². The Labute approximate surface area is 99.9 Å². The standard InChI is InChI=1S/C13H14N4/c14-17-13-10-7-4-8-11(10)15-12(16-13)9-5-2-1-3-6-9/h1-3,5-6H,4,7-8,14H2,(H,15,16,17). The average Bonchev–Trinajstić information content (AvgIpc) is 2.86. The Morgan fingerprint density at radius 2 is 1.88 bits per heavy atom. The van der Waals surface area contributed by atoms with Crippen LogP contribution in [0.15, 0.2) is 30.3 Å². The van der Waals surface area contributed by atoms with E-state index < -0.39 is 0 Å². The van der Waals surface area contributed by atoms with Crippen LogP contribution in [0.5, 0.6) is 0 Å². The summed E-state index contributed by atoms with van der Waals surface area (Å²) < 4.78 is 0. The van der Waals surface area contributed by atoms with Crippen LogP contribution in [0.4, 0.5) is 5.82 Å². The van der Waals surface area contributed by atoms with E-state index in [9.17, 15) is 0 Å². The second-order valence-corrected chi connectivity index (χ2v) is 4.18. The number of nitrogens with zero attached hydrogens (tertiary/aromatic N) is 2. The van der Waals surface area contributed by atoms with E-state index in [-0.39, 0.29) is 0 Å². The van der Waals surface area contributed by atoms with E-state index >= 15 is 0 Å². The molecule has 1 aliphatic carbocycles. The zero-order chi connectivity index (χ0) is 11.7. The molecule has 1 heterocycles. The monoisotopic (exact) mass is 226 g/mol. The van der Waals surface area contributed by atoms with Gasteiger partial charge in [-0.3, -0.25) is 0 Å². The zero-order valence-electron chi connectivity index (χ0n) is 9.48. The van der Waals surface area contributed by atoms with Crippen LogP contribution >= 0.6 is 0 Å². The Morgan fingerprint density at radius 3 is 2.65 bits per heavy atom. The van der Waals surface area contributed by atoms with Crippen LogP contribution in [0.2, 0.25) is 0 Å². The van der Waals surface area contributed by atoms with Crippen molar-refractivity contribution in [2.45, 2.75) is 19.3 Å². The van der Waals surface area contributed by atoms with Crippen LogP contribution in [0.25, 0.3) is 11.4 Å². The first-order valence-electron chi connectivity index (χ1n) is 5.80. The van der Waals surface area contributed by atoms with Crippen LogP contribution in [0.1, 0.15) is 17.7 Å². The molecule has 0 fully saturated rings. The summed E-state index contributed by atoms with van der Waals surface area (Å²) in [5, 5.41) is 0. The number of hydrogen-bond donors (Lipinski definition) is 2. The Bertz CT molecular complexity index is 537. The number of nitrogens with two attached hydrogens (primary N) is 1. The second-order valence-electron chi connectivity index (χ2n) is 4.18. The first kappa shape index (κ1) is 10.2. The summed E-state index contributed by atoms with van der Waals surface area (Å²) >= 11 is 0. The first-order valence-corrected chi connectivity index (χ1v) is 5.80. The number of rotatable bonds is 2. The molecule has 0 amide bonds. The van der Waals surface area contributed by atoms with Gasteiger partial charge < -0.3 is 5.43 Å². The SMILES string of the molecule is NNc1nc(-c2ccccc2)nc2c1CCC2. The third-order valence-corrected chi connectivity index (χ3v) is 3.10. The normalized spacial score (nSPS) is 13.5. The fourth-order valence-corrected chi connectivity index (χ4v) is 2.27. The molecule has 0 aliphatic heterocycles. The summed E-state index contributed by atoms with van der Waals surface area (Å²) in [6.45, 7) is 0. The molecule has 0 bridgehead atoms. The third-order valence-electron chi connectivity index (χ3n) is 3.10. The van der Waals surface area contributed by atoms with Crippen molar-refractivity contribution in [3.8, 4) is 11.4 Å². The van der Waals surface area contributed by atoms with Crippen molar-refractivity contribution >= 4 is 5.82 Å². The molecule has 3 N–H and O–H groups in total. The lowest BCUT2D eigenvalue weighted by atomic mass is 10.2. The van der Waals surface area contributed by atoms with E-state index in [1.807, 2.05) is 30.3 Å². The quantitative estimate of drug-likeness (QED) is 0.606. The smallest absolute Gasteiger partial charge is 0.161 e. The minimum atomic E-state index is 0.749. The van der Waals surface area contributed by atoms with Gasteiger partial charge in [0.2, 0.25) is 0 Å². The molecular weight excluding hydrogens is 212 g/mol. The highest BCUT2D eigenvalue weighted by Gasteiger charge is 2.19. The van der Waals surface area contributed by atoms with Crippen LogP contribution < -0.4 is 11.3 Å². The topological polar surface area (TPSA) is 63.8 Å². The molecule has 4 nitrogen and oxygen atoms in total. The minimum Gasteiger partial charge on any atom is -0.308 e. The maximum atomic E-state index is 5.53. The number of fused-ring (bicyclic) bond motifs is 1. The highest BCUT2D eigenvalue weighted by Crippen LogP contribution is 2.28. The number of hydrazine groups is 1. The van der Waals surface area contributed by atoms with Crippen molar-refractivity contribution in [1.29, 1.82) is 0 Å². The lowest BCUT2D eigenvalue weighted by Crippen LogP contribution is -2.12. The van der Waals surface area contributed by atoms with Gasteiger partial charge in [0.15, 0.2) is 5.82 Å². The third kappa shape index (κ3) is 1.76. The van der Waals surface area contributed by atoms with Crippen LogP contribution in [0.3, 0.4) is 0 Å². The van der Waals surface area contributed by atoms with Crippen LogP contribution in [-0.2, 0) is 12.8 Å². The predicted octanol–water partition coefficient (Wildman–Crippen LogP) is 1.92. The van der Waals surface area contributed by atoms with E-state index in [4.69, 9.17) is 5.84 Å². The van der Waals surface area contributed by atoms with E-state index in [0.717, 1.165) is 42.2 Å². The molecule has 86 valence electrons. The minimum absolute atomic E-state index is 0.749. The maximum Gasteiger partial charge on any atom is 0.161 e. The Balaban J connectivity index is 2.13. The van der Waals surface area contributed by atoms with Crippen molar-refractivity contribution < 1.29 is 0 Å². The number of nitrogens with one attached hydrogen (secondary N) is 1. The van der Waals surface area contributed by atoms with Crippen LogP contribution in [0, 0.1) is 0 Å². The van der Waals surface area contributed by atoms with Crippen molar-refractivity contribution in [2.24, 2.45) is 5.84 Å². The number of nitrogen functional groups attached to an aromatic ring is 1. The predicted molar refractivity (Wildman–Crippen MR) is 67.3 cm³/mol. The molecule has 2 aromatic rings. The average molecular weight is 226 g/mol. The first-order chi connectivity index (χ1) is 8.38. The van der Waals surface area contributed by atoms with Gasteiger partial charge in [-0.25, -0.2) is 15.8 Å². The summed E-state index contributed by atoms with van der Waals surface area (Å²) in [7, 11) is 0. The summed E-state index contributed by atoms with van der Waals surface area (Å²) in [5.41, 5.74) is 6.02. The van der Waals surface area contributed by atoms with Gasteiger partial charge in [0.05, 0.1) is 0 Å². The fourth-order valence-electron chi connectivity index (χ4n) is 2.27. The van der Waals surface area contributed by atoms with Gasteiger partial charge in [-0.1, -0.05) is 30.3 Å². The van der Waals surface area contributed by atoms with Crippen molar-refractivity contribution in [2.75, 3.05) is 5.43 Å². The number of hydrogen-bond acceptors (Lipinski definition) is 4. The second kappa shape index (κ2) is 4.14. The molecule has 1 aliphatic rings. The highest BCUT2D eigenvalue weighted by molar-refractivity contribution is 5.60. The molecule has 17 heavy (non-hydrogen) atoms. The van der Waals surface area contributed by atoms with E-state index in [2.05, 4.69) is 15.4 Å². The van der Waals surface area contributed by atoms with Gasteiger partial charge >= 0.3 is 0 Å². The summed E-state index contributed by atoms with van der Waals surface area (Å²) in [6, 6.07) is 9.98. The molecular formula is C13H14N4. The number of benzene rings is 1. The van der Waals surface area contributed by atoms with Gasteiger partial charge in [0.25, 0.3) is 0 Å². The number of aryl methyl sites for hydroxylation is 1. The summed E-state index contributed by atoms with van der Waals surface area (Å²) in [4.78, 5) is 9.11. The maximum absolute atomic E-state index is 5.53. The Kier molecular flexibility index (Phi) is 2.49. The molecule has 0 spiro atoms. The summed E-state index contributed by atoms with van der Waals surface area (Å²) in [6.07, 6.45) is 3.17. The van der Waals surface area contributed by atoms with E-state index in [1.165, 1.54) is 5.56 Å². The summed E-state index contributed by atoms with van der Waals surface area (Å²) in [5.74, 6) is 7.05. The molecule has 0 unspecified atom stereocenters. The van der Waals surface area contributed by atoms with Crippen molar-refractivity contribution in [3.05, 3.63) is 41.6 Å². The molecule has 0 radical (unpaired) electrons. The number of anilines is 1. The lowest BCUT2D eigenvalue weighted by Gasteiger charge is -2.09. The fraction of sp³-hybridized carbons (Fsp3) is 0.231. The zero-order valence-corrected chi connectivity index (χ0v) is 9.48. The Morgan fingerprint density at radius 1 is 1.06 bits per heavy atom. The molecule has 4 heteroatoms. The van der Waals surface area contributed by atoms with E-state index in [0.29, 0.717) is 0 Å². The van der Waals surface area contributed by atoms with E-state index in [1.54, 1.807) is 0 Å².